The third-order valence-corrected chi connectivity index (χ3v) is 4.27. The second-order valence-electron chi connectivity index (χ2n) is 5.66. The molecule has 0 unspecified atom stereocenters. The fourth-order valence-electron chi connectivity index (χ4n) is 3.13. The molecule has 1 heteroatoms. The van der Waals surface area contributed by atoms with Crippen molar-refractivity contribution in [1.82, 2.24) is 0 Å². The first-order valence-corrected chi connectivity index (χ1v) is 7.76. The molecule has 0 heterocycles. The van der Waals surface area contributed by atoms with Crippen LogP contribution in [0.1, 0.15) is 0 Å². The Labute approximate surface area is 136 Å². The van der Waals surface area contributed by atoms with Crippen LogP contribution < -0.4 is 5.73 Å². The molecule has 4 aromatic rings. The number of nitrogen functional groups attached to an aromatic ring is 1. The minimum absolute atomic E-state index is 0.829. The number of nitrogens with two attached hydrogens (primary N) is 1. The highest BCUT2D eigenvalue weighted by Crippen LogP contribution is 2.37. The first-order valence-electron chi connectivity index (χ1n) is 7.76. The van der Waals surface area contributed by atoms with Crippen molar-refractivity contribution in [3.63, 3.8) is 0 Å². The van der Waals surface area contributed by atoms with E-state index in [0.717, 1.165) is 22.4 Å². The summed E-state index contributed by atoms with van der Waals surface area (Å²) in [5, 5.41) is 2.46. The second-order valence-corrected chi connectivity index (χ2v) is 5.66. The molecule has 0 aromatic heterocycles. The Morgan fingerprint density at radius 1 is 0.478 bits per heavy atom. The van der Waals surface area contributed by atoms with E-state index in [9.17, 15) is 0 Å². The quantitative estimate of drug-likeness (QED) is 0.468. The molecular weight excluding hydrogens is 278 g/mol. The maximum absolute atomic E-state index is 6.54. The van der Waals surface area contributed by atoms with Crippen LogP contribution in [0.2, 0.25) is 0 Å². The normalized spacial score (nSPS) is 10.8. The molecule has 0 atom stereocenters. The van der Waals surface area contributed by atoms with Crippen LogP contribution >= 0.6 is 0 Å². The molecule has 0 saturated carbocycles. The van der Waals surface area contributed by atoms with Crippen molar-refractivity contribution in [3.8, 4) is 22.3 Å². The Bertz CT molecular complexity index is 966. The fraction of sp³-hybridized carbons (Fsp3) is 0. The van der Waals surface area contributed by atoms with E-state index in [1.165, 1.54) is 16.3 Å². The minimum atomic E-state index is 0.829. The van der Waals surface area contributed by atoms with E-state index in [-0.39, 0.29) is 0 Å². The molecule has 110 valence electrons. The fourth-order valence-corrected chi connectivity index (χ4v) is 3.13. The van der Waals surface area contributed by atoms with Gasteiger partial charge in [-0.1, -0.05) is 91.0 Å². The molecule has 0 saturated heterocycles. The van der Waals surface area contributed by atoms with Gasteiger partial charge in [-0.3, -0.25) is 0 Å². The van der Waals surface area contributed by atoms with Gasteiger partial charge in [-0.15, -0.1) is 0 Å². The van der Waals surface area contributed by atoms with Crippen LogP contribution in [0.25, 0.3) is 33.0 Å². The number of anilines is 1. The molecule has 0 aliphatic heterocycles. The van der Waals surface area contributed by atoms with Crippen LogP contribution in [-0.4, -0.2) is 0 Å². The van der Waals surface area contributed by atoms with Crippen LogP contribution in [0.15, 0.2) is 91.0 Å². The third kappa shape index (κ3) is 2.36. The van der Waals surface area contributed by atoms with Crippen molar-refractivity contribution in [3.05, 3.63) is 91.0 Å². The Kier molecular flexibility index (Phi) is 3.32. The average molecular weight is 295 g/mol. The van der Waals surface area contributed by atoms with Crippen molar-refractivity contribution in [2.75, 3.05) is 5.73 Å². The molecular formula is C22H17N. The van der Waals surface area contributed by atoms with E-state index in [2.05, 4.69) is 72.8 Å². The second kappa shape index (κ2) is 5.62. The van der Waals surface area contributed by atoms with E-state index < -0.39 is 0 Å². The average Bonchev–Trinajstić information content (AvgIpc) is 2.62. The zero-order chi connectivity index (χ0) is 15.6. The monoisotopic (exact) mass is 295 g/mol. The Balaban J connectivity index is 1.96. The summed E-state index contributed by atoms with van der Waals surface area (Å²) in [6, 6.07) is 31.3. The van der Waals surface area contributed by atoms with Crippen LogP contribution in [-0.2, 0) is 0 Å². The third-order valence-electron chi connectivity index (χ3n) is 4.27. The van der Waals surface area contributed by atoms with Crippen molar-refractivity contribution in [2.45, 2.75) is 0 Å². The van der Waals surface area contributed by atoms with Crippen LogP contribution in [0.4, 0.5) is 5.69 Å². The lowest BCUT2D eigenvalue weighted by Crippen LogP contribution is -1.94. The molecule has 2 N–H and O–H groups in total. The zero-order valence-electron chi connectivity index (χ0n) is 12.7. The number of benzene rings is 4. The molecule has 0 amide bonds. The smallest absolute Gasteiger partial charge is 0.0473 e. The molecule has 0 radical (unpaired) electrons. The first-order chi connectivity index (χ1) is 11.3. The van der Waals surface area contributed by atoms with Crippen LogP contribution in [0.3, 0.4) is 0 Å². The number of hydrogen-bond acceptors (Lipinski definition) is 1. The van der Waals surface area contributed by atoms with Gasteiger partial charge >= 0.3 is 0 Å². The van der Waals surface area contributed by atoms with Gasteiger partial charge in [0.05, 0.1) is 0 Å². The number of para-hydroxylation sites is 1. The summed E-state index contributed by atoms with van der Waals surface area (Å²) >= 11 is 0. The van der Waals surface area contributed by atoms with Gasteiger partial charge < -0.3 is 5.73 Å². The van der Waals surface area contributed by atoms with Gasteiger partial charge in [0.1, 0.15) is 0 Å². The highest BCUT2D eigenvalue weighted by Gasteiger charge is 2.10. The molecule has 23 heavy (non-hydrogen) atoms. The predicted octanol–water partition coefficient (Wildman–Crippen LogP) is 5.76. The van der Waals surface area contributed by atoms with Crippen molar-refractivity contribution >= 4 is 16.5 Å². The highest BCUT2D eigenvalue weighted by molar-refractivity contribution is 6.01. The van der Waals surface area contributed by atoms with Crippen LogP contribution in [0.5, 0.6) is 0 Å². The molecule has 0 spiro atoms. The van der Waals surface area contributed by atoms with Crippen molar-refractivity contribution in [1.29, 1.82) is 0 Å². The van der Waals surface area contributed by atoms with Gasteiger partial charge in [0, 0.05) is 16.8 Å². The van der Waals surface area contributed by atoms with Gasteiger partial charge in [-0.25, -0.2) is 0 Å². The lowest BCUT2D eigenvalue weighted by molar-refractivity contribution is 1.59. The summed E-state index contributed by atoms with van der Waals surface area (Å²) in [5.74, 6) is 0. The maximum atomic E-state index is 6.54. The topological polar surface area (TPSA) is 26.0 Å². The summed E-state index contributed by atoms with van der Waals surface area (Å²) < 4.78 is 0. The molecule has 0 fully saturated rings. The van der Waals surface area contributed by atoms with E-state index >= 15 is 0 Å². The predicted molar refractivity (Wildman–Crippen MR) is 99.2 cm³/mol. The number of hydrogen-bond donors (Lipinski definition) is 1. The van der Waals surface area contributed by atoms with Gasteiger partial charge in [0.15, 0.2) is 0 Å². The highest BCUT2D eigenvalue weighted by atomic mass is 14.6. The van der Waals surface area contributed by atoms with Gasteiger partial charge in [0.25, 0.3) is 0 Å². The lowest BCUT2D eigenvalue weighted by atomic mass is 9.93. The maximum Gasteiger partial charge on any atom is 0.0473 e. The van der Waals surface area contributed by atoms with E-state index in [1.807, 2.05) is 18.2 Å². The van der Waals surface area contributed by atoms with Gasteiger partial charge in [0.2, 0.25) is 0 Å². The van der Waals surface area contributed by atoms with E-state index in [0.29, 0.717) is 0 Å². The number of rotatable bonds is 2. The summed E-state index contributed by atoms with van der Waals surface area (Å²) in [5.41, 5.74) is 11.9. The van der Waals surface area contributed by atoms with Crippen LogP contribution in [0, 0.1) is 0 Å². The van der Waals surface area contributed by atoms with Gasteiger partial charge in [-0.05, 0) is 21.9 Å². The zero-order valence-corrected chi connectivity index (χ0v) is 12.7. The summed E-state index contributed by atoms with van der Waals surface area (Å²) in [6.45, 7) is 0. The molecule has 4 rings (SSSR count). The summed E-state index contributed by atoms with van der Waals surface area (Å²) in [7, 11) is 0. The SMILES string of the molecule is Nc1c(-c2ccccc2)cccc1-c1cccc2ccccc12. The Morgan fingerprint density at radius 2 is 1.09 bits per heavy atom. The van der Waals surface area contributed by atoms with Gasteiger partial charge in [-0.2, -0.15) is 0 Å². The molecule has 0 aliphatic carbocycles. The first kappa shape index (κ1) is 13.6. The van der Waals surface area contributed by atoms with E-state index in [1.54, 1.807) is 0 Å². The van der Waals surface area contributed by atoms with Crippen molar-refractivity contribution < 1.29 is 0 Å². The van der Waals surface area contributed by atoms with Crippen molar-refractivity contribution in [2.24, 2.45) is 0 Å². The summed E-state index contributed by atoms with van der Waals surface area (Å²) in [4.78, 5) is 0. The minimum Gasteiger partial charge on any atom is -0.398 e. The summed E-state index contributed by atoms with van der Waals surface area (Å²) in [6.07, 6.45) is 0. The largest absolute Gasteiger partial charge is 0.398 e. The molecule has 0 bridgehead atoms. The number of fused-ring (bicyclic) bond motifs is 1. The Morgan fingerprint density at radius 3 is 1.96 bits per heavy atom. The molecule has 1 nitrogen and oxygen atoms in total. The lowest BCUT2D eigenvalue weighted by Gasteiger charge is -2.13. The van der Waals surface area contributed by atoms with E-state index in [4.69, 9.17) is 5.73 Å². The molecule has 0 aliphatic rings. The molecule has 4 aromatic carbocycles. The Hall–Kier alpha value is -3.06. The standard InChI is InChI=1S/C22H17N/c23-22-19(17-8-2-1-3-9-17)13-7-15-21(22)20-14-6-11-16-10-4-5-12-18(16)20/h1-15H,23H2.